The normalized spacial score (nSPS) is 19.5. The minimum atomic E-state index is -0.352. The second kappa shape index (κ2) is 7.30. The zero-order chi connectivity index (χ0) is 20.9. The van der Waals surface area contributed by atoms with E-state index >= 15 is 0 Å². The second-order valence-electron chi connectivity index (χ2n) is 7.92. The Morgan fingerprint density at radius 1 is 0.806 bits per heavy atom. The highest BCUT2D eigenvalue weighted by Gasteiger charge is 2.41. The van der Waals surface area contributed by atoms with Gasteiger partial charge in [-0.3, -0.25) is 0 Å². The number of ether oxygens (including phenoxy) is 1. The molecule has 0 saturated heterocycles. The molecule has 2 heterocycles. The first-order chi connectivity index (χ1) is 15.2. The molecule has 0 N–H and O–H groups in total. The van der Waals surface area contributed by atoms with E-state index in [0.29, 0.717) is 10.0 Å². The Morgan fingerprint density at radius 3 is 2.52 bits per heavy atom. The fraction of sp³-hybridized carbons (Fsp3) is 0.115. The second-order valence-corrected chi connectivity index (χ2v) is 8.79. The number of nitrogens with zero attached hydrogens (tertiary/aromatic N) is 2. The van der Waals surface area contributed by atoms with E-state index in [1.54, 1.807) is 0 Å². The van der Waals surface area contributed by atoms with Gasteiger partial charge < -0.3 is 4.74 Å². The highest BCUT2D eigenvalue weighted by molar-refractivity contribution is 6.31. The summed E-state index contributed by atoms with van der Waals surface area (Å²) in [4.78, 5) is 0. The lowest BCUT2D eigenvalue weighted by Crippen LogP contribution is -2.33. The van der Waals surface area contributed by atoms with E-state index in [-0.39, 0.29) is 12.3 Å². The number of benzene rings is 4. The first-order valence-electron chi connectivity index (χ1n) is 10.2. The van der Waals surface area contributed by atoms with Crippen LogP contribution in [0.3, 0.4) is 0 Å². The van der Waals surface area contributed by atoms with Crippen molar-refractivity contribution in [2.75, 3.05) is 0 Å². The smallest absolute Gasteiger partial charge is 0.213 e. The van der Waals surface area contributed by atoms with Crippen LogP contribution in [0.2, 0.25) is 10.0 Å². The summed E-state index contributed by atoms with van der Waals surface area (Å²) in [5, 5.41) is 10.9. The monoisotopic (exact) mass is 444 g/mol. The van der Waals surface area contributed by atoms with Gasteiger partial charge in [-0.05, 0) is 52.7 Å². The lowest BCUT2D eigenvalue weighted by Gasteiger charge is -2.38. The summed E-state index contributed by atoms with van der Waals surface area (Å²) >= 11 is 12.6. The third-order valence-electron chi connectivity index (χ3n) is 5.97. The number of hydrazone groups is 1. The third kappa shape index (κ3) is 3.25. The Balaban J connectivity index is 1.46. The van der Waals surface area contributed by atoms with Crippen molar-refractivity contribution in [3.05, 3.63) is 112 Å². The Kier molecular flexibility index (Phi) is 4.41. The molecule has 0 unspecified atom stereocenters. The standard InChI is InChI=1S/C26H18Cl2N2O/c27-20-7-3-6-19(13-20)26-30-24(22-14-21(28)10-11-25(22)31-26)15-23(29-30)18-9-8-16-4-1-2-5-17(16)12-18/h1-14,24,26H,15H2/t24-,26-/m1/s1. The van der Waals surface area contributed by atoms with E-state index in [4.69, 9.17) is 33.0 Å². The van der Waals surface area contributed by atoms with E-state index in [1.807, 2.05) is 42.5 Å². The molecule has 2 atom stereocenters. The third-order valence-corrected chi connectivity index (χ3v) is 6.44. The van der Waals surface area contributed by atoms with Gasteiger partial charge in [-0.15, -0.1) is 0 Å². The molecular weight excluding hydrogens is 427 g/mol. The van der Waals surface area contributed by atoms with Gasteiger partial charge in [0.05, 0.1) is 11.8 Å². The highest BCUT2D eigenvalue weighted by Crippen LogP contribution is 2.48. The Bertz CT molecular complexity index is 1350. The fourth-order valence-corrected chi connectivity index (χ4v) is 4.86. The summed E-state index contributed by atoms with van der Waals surface area (Å²) in [5.74, 6) is 0.839. The summed E-state index contributed by atoms with van der Waals surface area (Å²) in [6.07, 6.45) is 0.432. The Morgan fingerprint density at radius 2 is 1.65 bits per heavy atom. The molecule has 4 aromatic rings. The molecule has 0 aliphatic carbocycles. The molecule has 0 aromatic heterocycles. The van der Waals surface area contributed by atoms with Crippen molar-refractivity contribution in [1.29, 1.82) is 0 Å². The predicted molar refractivity (Wildman–Crippen MR) is 126 cm³/mol. The van der Waals surface area contributed by atoms with Crippen molar-refractivity contribution in [3.8, 4) is 5.75 Å². The van der Waals surface area contributed by atoms with Crippen LogP contribution in [0, 0.1) is 0 Å². The molecular formula is C26H18Cl2N2O. The Labute approximate surface area is 190 Å². The number of halogens is 2. The van der Waals surface area contributed by atoms with Crippen molar-refractivity contribution >= 4 is 39.7 Å². The number of hydrogen-bond acceptors (Lipinski definition) is 3. The maximum Gasteiger partial charge on any atom is 0.213 e. The van der Waals surface area contributed by atoms with E-state index in [9.17, 15) is 0 Å². The minimum absolute atomic E-state index is 0.0490. The van der Waals surface area contributed by atoms with E-state index < -0.39 is 0 Å². The van der Waals surface area contributed by atoms with Crippen LogP contribution in [0.1, 0.15) is 35.4 Å². The molecule has 31 heavy (non-hydrogen) atoms. The molecule has 0 spiro atoms. The molecule has 0 fully saturated rings. The minimum Gasteiger partial charge on any atom is -0.464 e. The number of fused-ring (bicyclic) bond motifs is 4. The Hall–Kier alpha value is -3.01. The van der Waals surface area contributed by atoms with Crippen molar-refractivity contribution in [3.63, 3.8) is 0 Å². The van der Waals surface area contributed by atoms with Gasteiger partial charge in [-0.1, -0.05) is 71.7 Å². The average molecular weight is 445 g/mol. The molecule has 3 nitrogen and oxygen atoms in total. The molecule has 152 valence electrons. The SMILES string of the molecule is Clc1cccc([C@H]2Oc3ccc(Cl)cc3[C@H]3CC(c4ccc5ccccc5c4)=NN32)c1. The molecule has 0 amide bonds. The van der Waals surface area contributed by atoms with Gasteiger partial charge in [0.2, 0.25) is 6.23 Å². The number of hydrogen-bond donors (Lipinski definition) is 0. The topological polar surface area (TPSA) is 24.8 Å². The molecule has 2 aliphatic heterocycles. The van der Waals surface area contributed by atoms with Crippen LogP contribution in [-0.2, 0) is 0 Å². The van der Waals surface area contributed by atoms with Crippen LogP contribution < -0.4 is 4.74 Å². The lowest BCUT2D eigenvalue weighted by molar-refractivity contribution is -0.0190. The number of rotatable bonds is 2. The molecule has 0 radical (unpaired) electrons. The summed E-state index contributed by atoms with van der Waals surface area (Å²) in [6, 6.07) is 28.5. The first-order valence-corrected chi connectivity index (χ1v) is 11.0. The summed E-state index contributed by atoms with van der Waals surface area (Å²) in [6.45, 7) is 0. The van der Waals surface area contributed by atoms with Gasteiger partial charge in [-0.2, -0.15) is 5.10 Å². The van der Waals surface area contributed by atoms with Crippen LogP contribution in [0.5, 0.6) is 5.75 Å². The van der Waals surface area contributed by atoms with Gasteiger partial charge in [-0.25, -0.2) is 5.01 Å². The van der Waals surface area contributed by atoms with Crippen LogP contribution in [0.15, 0.2) is 90.0 Å². The van der Waals surface area contributed by atoms with Crippen LogP contribution in [0.4, 0.5) is 0 Å². The van der Waals surface area contributed by atoms with E-state index in [0.717, 1.165) is 34.6 Å². The maximum atomic E-state index is 6.40. The maximum absolute atomic E-state index is 6.40. The lowest BCUT2D eigenvalue weighted by atomic mass is 9.95. The molecule has 2 aliphatic rings. The molecule has 5 heteroatoms. The molecule has 0 bridgehead atoms. The quantitative estimate of drug-likeness (QED) is 0.321. The van der Waals surface area contributed by atoms with Gasteiger partial charge in [0, 0.05) is 27.6 Å². The van der Waals surface area contributed by atoms with Gasteiger partial charge in [0.15, 0.2) is 0 Å². The largest absolute Gasteiger partial charge is 0.464 e. The summed E-state index contributed by atoms with van der Waals surface area (Å²) in [5.41, 5.74) is 4.20. The van der Waals surface area contributed by atoms with Crippen molar-refractivity contribution in [2.24, 2.45) is 5.10 Å². The zero-order valence-electron chi connectivity index (χ0n) is 16.5. The summed E-state index contributed by atoms with van der Waals surface area (Å²) in [7, 11) is 0. The zero-order valence-corrected chi connectivity index (χ0v) is 18.0. The molecule has 4 aromatic carbocycles. The molecule has 0 saturated carbocycles. The van der Waals surface area contributed by atoms with Crippen LogP contribution in [0.25, 0.3) is 10.8 Å². The fourth-order valence-electron chi connectivity index (χ4n) is 4.48. The highest BCUT2D eigenvalue weighted by atomic mass is 35.5. The van der Waals surface area contributed by atoms with Crippen molar-refractivity contribution < 1.29 is 4.74 Å². The predicted octanol–water partition coefficient (Wildman–Crippen LogP) is 7.39. The van der Waals surface area contributed by atoms with Gasteiger partial charge in [0.1, 0.15) is 5.75 Å². The summed E-state index contributed by atoms with van der Waals surface area (Å²) < 4.78 is 6.40. The average Bonchev–Trinajstić information content (AvgIpc) is 3.24. The first kappa shape index (κ1) is 18.7. The van der Waals surface area contributed by atoms with Crippen LogP contribution >= 0.6 is 23.2 Å². The van der Waals surface area contributed by atoms with Crippen LogP contribution in [-0.4, -0.2) is 10.7 Å². The van der Waals surface area contributed by atoms with Crippen molar-refractivity contribution in [2.45, 2.75) is 18.7 Å². The van der Waals surface area contributed by atoms with E-state index in [2.05, 4.69) is 47.5 Å². The van der Waals surface area contributed by atoms with Gasteiger partial charge >= 0.3 is 0 Å². The van der Waals surface area contributed by atoms with Gasteiger partial charge in [0.25, 0.3) is 0 Å². The molecule has 6 rings (SSSR count). The van der Waals surface area contributed by atoms with E-state index in [1.165, 1.54) is 10.8 Å². The van der Waals surface area contributed by atoms with Crippen molar-refractivity contribution in [1.82, 2.24) is 5.01 Å².